The number of hydrogen-bond donors (Lipinski definition) is 2. The molecule has 178 valence electrons. The van der Waals surface area contributed by atoms with Crippen molar-refractivity contribution in [2.75, 3.05) is 12.4 Å². The second kappa shape index (κ2) is 9.40. The van der Waals surface area contributed by atoms with Gasteiger partial charge < -0.3 is 10.1 Å². The Kier molecular flexibility index (Phi) is 6.54. The Morgan fingerprint density at radius 3 is 2.68 bits per heavy atom. The number of carbonyl (C=O) groups is 2. The van der Waals surface area contributed by atoms with E-state index in [2.05, 4.69) is 15.1 Å². The van der Waals surface area contributed by atoms with Gasteiger partial charge in [0.25, 0.3) is 0 Å². The Hall–Kier alpha value is -3.50. The molecule has 0 fully saturated rings. The average molecular weight is 483 g/mol. The summed E-state index contributed by atoms with van der Waals surface area (Å²) < 4.78 is 35.5. The van der Waals surface area contributed by atoms with Crippen LogP contribution < -0.4 is 14.8 Å². The van der Waals surface area contributed by atoms with Gasteiger partial charge in [-0.05, 0) is 48.2 Å². The Labute approximate surface area is 198 Å². The van der Waals surface area contributed by atoms with Crippen LogP contribution in [0.1, 0.15) is 41.4 Å². The molecule has 2 N–H and O–H groups in total. The summed E-state index contributed by atoms with van der Waals surface area (Å²) in [4.78, 5) is 24.8. The zero-order valence-electron chi connectivity index (χ0n) is 19.2. The number of hydrogen-bond acceptors (Lipinski definition) is 6. The van der Waals surface area contributed by atoms with Gasteiger partial charge in [0, 0.05) is 24.9 Å². The van der Waals surface area contributed by atoms with Crippen LogP contribution in [0.25, 0.3) is 11.1 Å². The molecule has 3 aromatic rings. The third-order valence-corrected chi connectivity index (χ3v) is 7.26. The highest BCUT2D eigenvalue weighted by molar-refractivity contribution is 7.89. The molecular formula is C24H26N4O5S. The van der Waals surface area contributed by atoms with E-state index in [4.69, 9.17) is 4.74 Å². The summed E-state index contributed by atoms with van der Waals surface area (Å²) in [6, 6.07) is 12.2. The molecular weight excluding hydrogens is 456 g/mol. The van der Waals surface area contributed by atoms with Crippen LogP contribution in [0.2, 0.25) is 0 Å². The van der Waals surface area contributed by atoms with Crippen LogP contribution in [0.5, 0.6) is 5.75 Å². The van der Waals surface area contributed by atoms with E-state index in [1.807, 2.05) is 13.0 Å². The lowest BCUT2D eigenvalue weighted by Gasteiger charge is -2.13. The van der Waals surface area contributed by atoms with Crippen LogP contribution >= 0.6 is 0 Å². The van der Waals surface area contributed by atoms with Crippen molar-refractivity contribution in [3.8, 4) is 16.9 Å². The molecule has 1 aliphatic heterocycles. The highest BCUT2D eigenvalue weighted by Gasteiger charge is 2.28. The number of carbonyl (C=O) groups excluding carboxylic acids is 2. The molecule has 4 rings (SSSR count). The van der Waals surface area contributed by atoms with Crippen LogP contribution in [0, 0.1) is 6.92 Å². The van der Waals surface area contributed by atoms with Crippen molar-refractivity contribution >= 4 is 27.7 Å². The number of nitrogens with one attached hydrogen (secondary N) is 2. The number of methoxy groups -OCH3 is 1. The molecule has 0 atom stereocenters. The largest absolute Gasteiger partial charge is 0.497 e. The minimum atomic E-state index is -3.86. The van der Waals surface area contributed by atoms with Crippen LogP contribution in [0.3, 0.4) is 0 Å². The van der Waals surface area contributed by atoms with E-state index in [0.29, 0.717) is 34.6 Å². The second-order valence-electron chi connectivity index (χ2n) is 8.03. The molecule has 0 saturated carbocycles. The van der Waals surface area contributed by atoms with Crippen LogP contribution in [-0.4, -0.2) is 37.1 Å². The molecule has 2 aromatic carbocycles. The molecule has 1 aliphatic rings. The van der Waals surface area contributed by atoms with Gasteiger partial charge in [-0.1, -0.05) is 31.2 Å². The van der Waals surface area contributed by atoms with Crippen molar-refractivity contribution in [1.82, 2.24) is 14.5 Å². The molecule has 0 radical (unpaired) electrons. The van der Waals surface area contributed by atoms with Gasteiger partial charge in [-0.3, -0.25) is 9.59 Å². The minimum absolute atomic E-state index is 0.0603. The SMILES string of the molecule is CCc1nn2c(c1-c1ccc(C)c(S(=O)(=O)NCc3cccc(OC)c3)c1)NC(=O)CCC2=O. The number of aryl methyl sites for hydroxylation is 2. The average Bonchev–Trinajstić information content (AvgIpc) is 3.13. The van der Waals surface area contributed by atoms with E-state index in [0.717, 1.165) is 5.56 Å². The van der Waals surface area contributed by atoms with Gasteiger partial charge in [0.05, 0.1) is 17.7 Å². The highest BCUT2D eigenvalue weighted by Crippen LogP contribution is 2.35. The first-order valence-corrected chi connectivity index (χ1v) is 12.4. The molecule has 10 heteroatoms. The van der Waals surface area contributed by atoms with E-state index in [1.165, 1.54) is 4.68 Å². The van der Waals surface area contributed by atoms with Crippen molar-refractivity contribution in [2.24, 2.45) is 0 Å². The first kappa shape index (κ1) is 23.7. The molecule has 0 bridgehead atoms. The normalized spacial score (nSPS) is 13.9. The fourth-order valence-electron chi connectivity index (χ4n) is 3.91. The maximum Gasteiger partial charge on any atom is 0.249 e. The maximum absolute atomic E-state index is 13.2. The number of fused-ring (bicyclic) bond motifs is 1. The zero-order chi connectivity index (χ0) is 24.5. The van der Waals surface area contributed by atoms with Crippen molar-refractivity contribution in [1.29, 1.82) is 0 Å². The predicted octanol–water partition coefficient (Wildman–Crippen LogP) is 3.28. The summed E-state index contributed by atoms with van der Waals surface area (Å²) >= 11 is 0. The fraction of sp³-hybridized carbons (Fsp3) is 0.292. The highest BCUT2D eigenvalue weighted by atomic mass is 32.2. The quantitative estimate of drug-likeness (QED) is 0.533. The van der Waals surface area contributed by atoms with Gasteiger partial charge in [-0.25, -0.2) is 13.1 Å². The van der Waals surface area contributed by atoms with E-state index < -0.39 is 10.0 Å². The van der Waals surface area contributed by atoms with Gasteiger partial charge in [-0.2, -0.15) is 9.78 Å². The molecule has 2 heterocycles. The topological polar surface area (TPSA) is 119 Å². The Morgan fingerprint density at radius 2 is 1.94 bits per heavy atom. The molecule has 0 spiro atoms. The molecule has 9 nitrogen and oxygen atoms in total. The molecule has 0 aliphatic carbocycles. The predicted molar refractivity (Wildman–Crippen MR) is 127 cm³/mol. The molecule has 34 heavy (non-hydrogen) atoms. The number of rotatable bonds is 7. The summed E-state index contributed by atoms with van der Waals surface area (Å²) in [5.41, 5.74) is 3.03. The van der Waals surface area contributed by atoms with E-state index >= 15 is 0 Å². The van der Waals surface area contributed by atoms with Gasteiger partial charge in [0.2, 0.25) is 21.8 Å². The Bertz CT molecular complexity index is 1380. The molecule has 1 aromatic heterocycles. The van der Waals surface area contributed by atoms with E-state index in [-0.39, 0.29) is 41.9 Å². The lowest BCUT2D eigenvalue weighted by Crippen LogP contribution is -2.24. The Morgan fingerprint density at radius 1 is 1.15 bits per heavy atom. The summed E-state index contributed by atoms with van der Waals surface area (Å²) in [7, 11) is -2.31. The van der Waals surface area contributed by atoms with Gasteiger partial charge in [-0.15, -0.1) is 0 Å². The molecule has 0 unspecified atom stereocenters. The number of aromatic nitrogens is 2. The monoisotopic (exact) mass is 482 g/mol. The van der Waals surface area contributed by atoms with Crippen LogP contribution in [0.4, 0.5) is 5.82 Å². The number of anilines is 1. The maximum atomic E-state index is 13.2. The van der Waals surface area contributed by atoms with Crippen LogP contribution in [-0.2, 0) is 27.8 Å². The Balaban J connectivity index is 1.73. The summed E-state index contributed by atoms with van der Waals surface area (Å²) in [5.74, 6) is 0.353. The van der Waals surface area contributed by atoms with Gasteiger partial charge in [0.15, 0.2) is 0 Å². The van der Waals surface area contributed by atoms with Crippen molar-refractivity contribution in [3.05, 3.63) is 59.3 Å². The van der Waals surface area contributed by atoms with Crippen molar-refractivity contribution < 1.29 is 22.7 Å². The third-order valence-electron chi connectivity index (χ3n) is 5.72. The standard InChI is InChI=1S/C24H26N4O5S/c1-4-19-23(24-26-21(29)10-11-22(30)28(24)27-19)17-9-8-15(2)20(13-17)34(31,32)25-14-16-6-5-7-18(12-16)33-3/h5-9,12-13,25H,4,10-11,14H2,1-3H3,(H,26,29). The van der Waals surface area contributed by atoms with Crippen LogP contribution in [0.15, 0.2) is 47.4 Å². The van der Waals surface area contributed by atoms with Crippen molar-refractivity contribution in [2.45, 2.75) is 44.6 Å². The number of ether oxygens (including phenoxy) is 1. The van der Waals surface area contributed by atoms with Gasteiger partial charge >= 0.3 is 0 Å². The van der Waals surface area contributed by atoms with E-state index in [1.54, 1.807) is 50.4 Å². The lowest BCUT2D eigenvalue weighted by atomic mass is 10.0. The first-order chi connectivity index (χ1) is 16.2. The fourth-order valence-corrected chi connectivity index (χ4v) is 5.20. The van der Waals surface area contributed by atoms with Crippen molar-refractivity contribution in [3.63, 3.8) is 0 Å². The summed E-state index contributed by atoms with van der Waals surface area (Å²) in [6.07, 6.45) is 0.637. The van der Waals surface area contributed by atoms with Gasteiger partial charge in [0.1, 0.15) is 11.6 Å². The zero-order valence-corrected chi connectivity index (χ0v) is 20.0. The number of sulfonamides is 1. The number of amides is 1. The third kappa shape index (κ3) is 4.59. The summed E-state index contributed by atoms with van der Waals surface area (Å²) in [6.45, 7) is 3.70. The molecule has 0 saturated heterocycles. The van der Waals surface area contributed by atoms with E-state index in [9.17, 15) is 18.0 Å². The summed E-state index contributed by atoms with van der Waals surface area (Å²) in [5, 5.41) is 7.17. The number of nitrogens with zero attached hydrogens (tertiary/aromatic N) is 2. The molecule has 1 amide bonds. The second-order valence-corrected chi connectivity index (χ2v) is 9.77. The first-order valence-electron chi connectivity index (χ1n) is 10.9. The smallest absolute Gasteiger partial charge is 0.249 e. The number of benzene rings is 2. The minimum Gasteiger partial charge on any atom is -0.497 e. The lowest BCUT2D eigenvalue weighted by molar-refractivity contribution is -0.116.